The molecule has 1 saturated heterocycles. The van der Waals surface area contributed by atoms with Gasteiger partial charge in [0.1, 0.15) is 6.10 Å². The van der Waals surface area contributed by atoms with Crippen molar-refractivity contribution in [3.05, 3.63) is 10.1 Å². The van der Waals surface area contributed by atoms with E-state index in [1.807, 2.05) is 0 Å². The van der Waals surface area contributed by atoms with Gasteiger partial charge in [-0.25, -0.2) is 0 Å². The van der Waals surface area contributed by atoms with E-state index in [4.69, 9.17) is 9.84 Å². The maximum atomic E-state index is 11.1. The minimum absolute atomic E-state index is 0.141. The summed E-state index contributed by atoms with van der Waals surface area (Å²) in [5, 5.41) is 20.3. The van der Waals surface area contributed by atoms with E-state index < -0.39 is 5.54 Å². The molecule has 1 saturated carbocycles. The first-order valence-electron chi connectivity index (χ1n) is 5.09. The molecular weight excluding hydrogens is 186 g/mol. The Morgan fingerprint density at radius 1 is 1.57 bits per heavy atom. The maximum absolute atomic E-state index is 11.1. The number of fused-ring (bicyclic) bond motifs is 1. The molecule has 0 aromatic rings. The van der Waals surface area contributed by atoms with Crippen LogP contribution in [-0.4, -0.2) is 34.9 Å². The third-order valence-electron chi connectivity index (χ3n) is 3.62. The Bertz CT molecular complexity index is 237. The minimum atomic E-state index is -0.993. The van der Waals surface area contributed by atoms with E-state index >= 15 is 0 Å². The molecule has 0 aromatic carbocycles. The zero-order valence-corrected chi connectivity index (χ0v) is 8.02. The Morgan fingerprint density at radius 2 is 2.36 bits per heavy atom. The van der Waals surface area contributed by atoms with Crippen molar-refractivity contribution < 1.29 is 14.8 Å². The Labute approximate surface area is 82.2 Å². The van der Waals surface area contributed by atoms with Crippen LogP contribution < -0.4 is 0 Å². The van der Waals surface area contributed by atoms with Crippen LogP contribution in [0, 0.1) is 16.0 Å². The van der Waals surface area contributed by atoms with Crippen molar-refractivity contribution in [1.82, 2.24) is 0 Å². The number of hydrogen-bond acceptors (Lipinski definition) is 4. The molecule has 1 aliphatic carbocycles. The van der Waals surface area contributed by atoms with Crippen LogP contribution in [0.15, 0.2) is 0 Å². The highest BCUT2D eigenvalue weighted by Gasteiger charge is 2.62. The van der Waals surface area contributed by atoms with Crippen molar-refractivity contribution in [2.75, 3.05) is 13.2 Å². The lowest BCUT2D eigenvalue weighted by atomic mass is 9.73. The molecule has 1 aliphatic heterocycles. The molecule has 3 atom stereocenters. The van der Waals surface area contributed by atoms with E-state index in [0.29, 0.717) is 13.0 Å². The highest BCUT2D eigenvalue weighted by molar-refractivity contribution is 5.01. The van der Waals surface area contributed by atoms with Crippen LogP contribution in [0.2, 0.25) is 0 Å². The van der Waals surface area contributed by atoms with Crippen LogP contribution in [0.4, 0.5) is 0 Å². The summed E-state index contributed by atoms with van der Waals surface area (Å²) < 4.78 is 5.42. The maximum Gasteiger partial charge on any atom is 0.255 e. The first-order chi connectivity index (χ1) is 6.71. The van der Waals surface area contributed by atoms with Crippen LogP contribution in [0.3, 0.4) is 0 Å². The van der Waals surface area contributed by atoms with Crippen molar-refractivity contribution in [3.63, 3.8) is 0 Å². The first-order valence-corrected chi connectivity index (χ1v) is 5.09. The lowest BCUT2D eigenvalue weighted by molar-refractivity contribution is -0.588. The van der Waals surface area contributed by atoms with Gasteiger partial charge in [0.2, 0.25) is 0 Å². The van der Waals surface area contributed by atoms with Crippen LogP contribution >= 0.6 is 0 Å². The van der Waals surface area contributed by atoms with Gasteiger partial charge in [-0.15, -0.1) is 0 Å². The number of ether oxygens (including phenoxy) is 1. The lowest BCUT2D eigenvalue weighted by Gasteiger charge is -2.32. The number of nitro groups is 1. The predicted octanol–water partition coefficient (Wildman–Crippen LogP) is 0.583. The van der Waals surface area contributed by atoms with Crippen molar-refractivity contribution in [2.24, 2.45) is 5.92 Å². The molecule has 2 rings (SSSR count). The van der Waals surface area contributed by atoms with E-state index in [2.05, 4.69) is 0 Å². The number of hydrogen-bond donors (Lipinski definition) is 1. The largest absolute Gasteiger partial charge is 0.396 e. The molecule has 14 heavy (non-hydrogen) atoms. The number of rotatable bonds is 2. The zero-order chi connectivity index (χ0) is 10.2. The highest BCUT2D eigenvalue weighted by Crippen LogP contribution is 2.43. The van der Waals surface area contributed by atoms with E-state index in [1.54, 1.807) is 0 Å². The lowest BCUT2D eigenvalue weighted by Crippen LogP contribution is -2.53. The monoisotopic (exact) mass is 201 g/mol. The second-order valence-corrected chi connectivity index (χ2v) is 4.20. The number of nitrogens with zero attached hydrogens (tertiary/aromatic N) is 1. The average Bonchev–Trinajstić information content (AvgIpc) is 2.57. The van der Waals surface area contributed by atoms with Crippen molar-refractivity contribution in [2.45, 2.75) is 37.3 Å². The Morgan fingerprint density at radius 3 is 3.00 bits per heavy atom. The SMILES string of the molecule is O=[N+]([O-])[C@]12CCCC[C@H]1OC[C@H]2CO. The molecule has 0 spiro atoms. The van der Waals surface area contributed by atoms with Gasteiger partial charge in [0.15, 0.2) is 0 Å². The van der Waals surface area contributed by atoms with Crippen LogP contribution in [-0.2, 0) is 4.74 Å². The molecule has 5 heteroatoms. The van der Waals surface area contributed by atoms with Gasteiger partial charge in [0.25, 0.3) is 5.54 Å². The molecule has 0 amide bonds. The Kier molecular flexibility index (Phi) is 2.45. The van der Waals surface area contributed by atoms with E-state index in [9.17, 15) is 10.1 Å². The summed E-state index contributed by atoms with van der Waals surface area (Å²) in [6.07, 6.45) is 2.91. The van der Waals surface area contributed by atoms with Crippen molar-refractivity contribution >= 4 is 0 Å². The van der Waals surface area contributed by atoms with Crippen molar-refractivity contribution in [1.29, 1.82) is 0 Å². The number of aliphatic hydroxyl groups is 1. The first kappa shape index (κ1) is 9.86. The smallest absolute Gasteiger partial charge is 0.255 e. The molecule has 0 unspecified atom stereocenters. The molecule has 0 radical (unpaired) electrons. The molecule has 2 fully saturated rings. The summed E-state index contributed by atoms with van der Waals surface area (Å²) in [7, 11) is 0. The quantitative estimate of drug-likeness (QED) is 0.524. The molecule has 1 N–H and O–H groups in total. The molecule has 0 bridgehead atoms. The molecular formula is C9H15NO4. The summed E-state index contributed by atoms with van der Waals surface area (Å²) in [5.74, 6) is -0.317. The molecule has 0 aromatic heterocycles. The zero-order valence-electron chi connectivity index (χ0n) is 8.02. The van der Waals surface area contributed by atoms with Crippen LogP contribution in [0.5, 0.6) is 0 Å². The predicted molar refractivity (Wildman–Crippen MR) is 48.5 cm³/mol. The van der Waals surface area contributed by atoms with Gasteiger partial charge in [-0.2, -0.15) is 0 Å². The van der Waals surface area contributed by atoms with Gasteiger partial charge in [-0.1, -0.05) is 6.42 Å². The number of aliphatic hydroxyl groups excluding tert-OH is 1. The topological polar surface area (TPSA) is 72.6 Å². The average molecular weight is 201 g/mol. The molecule has 5 nitrogen and oxygen atoms in total. The summed E-state index contributed by atoms with van der Waals surface area (Å²) in [6.45, 7) is 0.194. The van der Waals surface area contributed by atoms with E-state index in [0.717, 1.165) is 19.3 Å². The fraction of sp³-hybridized carbons (Fsp3) is 1.00. The molecule has 2 aliphatic rings. The summed E-state index contributed by atoms with van der Waals surface area (Å²) in [6, 6.07) is 0. The summed E-state index contributed by atoms with van der Waals surface area (Å²) >= 11 is 0. The molecule has 1 heterocycles. The minimum Gasteiger partial charge on any atom is -0.396 e. The van der Waals surface area contributed by atoms with Gasteiger partial charge in [0, 0.05) is 11.3 Å². The Hall–Kier alpha value is -0.680. The fourth-order valence-corrected chi connectivity index (χ4v) is 2.79. The normalized spacial score (nSPS) is 42.1. The van der Waals surface area contributed by atoms with Gasteiger partial charge in [-0.3, -0.25) is 10.1 Å². The fourth-order valence-electron chi connectivity index (χ4n) is 2.79. The van der Waals surface area contributed by atoms with Crippen molar-refractivity contribution in [3.8, 4) is 0 Å². The van der Waals surface area contributed by atoms with Gasteiger partial charge in [0.05, 0.1) is 19.1 Å². The third-order valence-corrected chi connectivity index (χ3v) is 3.62. The van der Waals surface area contributed by atoms with Crippen LogP contribution in [0.1, 0.15) is 25.7 Å². The van der Waals surface area contributed by atoms with Gasteiger partial charge >= 0.3 is 0 Å². The summed E-state index contributed by atoms with van der Waals surface area (Å²) in [5.41, 5.74) is -0.993. The second-order valence-electron chi connectivity index (χ2n) is 4.20. The summed E-state index contributed by atoms with van der Waals surface area (Å²) in [4.78, 5) is 10.9. The van der Waals surface area contributed by atoms with Crippen LogP contribution in [0.25, 0.3) is 0 Å². The van der Waals surface area contributed by atoms with E-state index in [-0.39, 0.29) is 23.6 Å². The van der Waals surface area contributed by atoms with Gasteiger partial charge < -0.3 is 9.84 Å². The standard InChI is InChI=1S/C9H15NO4/c11-5-7-6-14-8-3-1-2-4-9(7,8)10(12)13/h7-8,11H,1-6H2/t7-,8-,9+/m1/s1. The molecule has 80 valence electrons. The highest BCUT2D eigenvalue weighted by atomic mass is 16.6. The van der Waals surface area contributed by atoms with E-state index in [1.165, 1.54) is 0 Å². The second kappa shape index (κ2) is 3.47. The van der Waals surface area contributed by atoms with Gasteiger partial charge in [-0.05, 0) is 12.8 Å². The third kappa shape index (κ3) is 1.15. The Balaban J connectivity index is 2.29.